The van der Waals surface area contributed by atoms with Crippen molar-refractivity contribution in [1.29, 1.82) is 0 Å². The van der Waals surface area contributed by atoms with Crippen molar-refractivity contribution in [2.24, 2.45) is 4.99 Å². The second kappa shape index (κ2) is 4.66. The smallest absolute Gasteiger partial charge is 0.144 e. The zero-order valence-corrected chi connectivity index (χ0v) is 9.31. The Morgan fingerprint density at radius 2 is 2.19 bits per heavy atom. The molecule has 0 aliphatic rings. The molecule has 0 spiro atoms. The van der Waals surface area contributed by atoms with E-state index in [4.69, 9.17) is 9.15 Å². The Bertz CT molecular complexity index is 487. The Morgan fingerprint density at radius 3 is 2.88 bits per heavy atom. The van der Waals surface area contributed by atoms with Crippen molar-refractivity contribution in [3.8, 4) is 5.75 Å². The highest BCUT2D eigenvalue weighted by Crippen LogP contribution is 2.27. The zero-order chi connectivity index (χ0) is 11.4. The number of hydrogen-bond acceptors (Lipinski definition) is 3. The van der Waals surface area contributed by atoms with Gasteiger partial charge in [-0.3, -0.25) is 0 Å². The summed E-state index contributed by atoms with van der Waals surface area (Å²) in [6.45, 7) is 2.02. The summed E-state index contributed by atoms with van der Waals surface area (Å²) < 4.78 is 10.4. The van der Waals surface area contributed by atoms with Crippen LogP contribution in [0.1, 0.15) is 11.3 Å². The molecule has 2 aromatic rings. The molecule has 1 aromatic heterocycles. The fraction of sp³-hybridized carbons (Fsp3) is 0.154. The van der Waals surface area contributed by atoms with Crippen LogP contribution in [0.4, 0.5) is 5.69 Å². The molecule has 0 saturated carbocycles. The van der Waals surface area contributed by atoms with Gasteiger partial charge in [0.25, 0.3) is 0 Å². The van der Waals surface area contributed by atoms with E-state index < -0.39 is 0 Å². The van der Waals surface area contributed by atoms with Crippen molar-refractivity contribution in [2.75, 3.05) is 7.11 Å². The summed E-state index contributed by atoms with van der Waals surface area (Å²) in [5, 5.41) is 0. The molecule has 0 radical (unpaired) electrons. The third kappa shape index (κ3) is 2.31. The van der Waals surface area contributed by atoms with Crippen LogP contribution in [0.3, 0.4) is 0 Å². The van der Waals surface area contributed by atoms with E-state index in [1.807, 2.05) is 37.3 Å². The number of hydrogen-bond donors (Lipinski definition) is 0. The third-order valence-electron chi connectivity index (χ3n) is 2.21. The van der Waals surface area contributed by atoms with Gasteiger partial charge in [-0.25, -0.2) is 4.99 Å². The molecule has 1 heterocycles. The molecule has 0 fully saturated rings. The lowest BCUT2D eigenvalue weighted by molar-refractivity contribution is 0.416. The van der Waals surface area contributed by atoms with Gasteiger partial charge < -0.3 is 9.15 Å². The Kier molecular flexibility index (Phi) is 3.05. The van der Waals surface area contributed by atoms with Crippen LogP contribution in [-0.4, -0.2) is 13.3 Å². The molecule has 2 rings (SSSR count). The normalized spacial score (nSPS) is 10.9. The van der Waals surface area contributed by atoms with Gasteiger partial charge in [0.2, 0.25) is 0 Å². The molecule has 0 saturated heterocycles. The topological polar surface area (TPSA) is 34.7 Å². The number of rotatable bonds is 3. The first-order chi connectivity index (χ1) is 7.79. The number of aliphatic imine (C=N–C) groups is 1. The lowest BCUT2D eigenvalue weighted by Crippen LogP contribution is -1.84. The number of methoxy groups -OCH3 is 1. The number of furan rings is 1. The van der Waals surface area contributed by atoms with Crippen molar-refractivity contribution in [3.63, 3.8) is 0 Å². The quantitative estimate of drug-likeness (QED) is 0.736. The molecular weight excluding hydrogens is 202 g/mol. The number of ether oxygens (including phenoxy) is 1. The zero-order valence-electron chi connectivity index (χ0n) is 9.31. The summed E-state index contributed by atoms with van der Waals surface area (Å²) in [5.41, 5.74) is 1.95. The first-order valence-corrected chi connectivity index (χ1v) is 5.02. The van der Waals surface area contributed by atoms with Crippen LogP contribution in [0.2, 0.25) is 0 Å². The summed E-state index contributed by atoms with van der Waals surface area (Å²) >= 11 is 0. The number of benzene rings is 1. The van der Waals surface area contributed by atoms with E-state index in [1.165, 1.54) is 0 Å². The van der Waals surface area contributed by atoms with Crippen molar-refractivity contribution >= 4 is 11.9 Å². The summed E-state index contributed by atoms with van der Waals surface area (Å²) in [6, 6.07) is 9.55. The molecule has 3 nitrogen and oxygen atoms in total. The van der Waals surface area contributed by atoms with Crippen LogP contribution >= 0.6 is 0 Å². The summed E-state index contributed by atoms with van der Waals surface area (Å²) in [4.78, 5) is 4.34. The molecule has 16 heavy (non-hydrogen) atoms. The highest BCUT2D eigenvalue weighted by Gasteiger charge is 2.00. The van der Waals surface area contributed by atoms with Gasteiger partial charge in [0.05, 0.1) is 19.6 Å². The van der Waals surface area contributed by atoms with Crippen molar-refractivity contribution in [3.05, 3.63) is 47.9 Å². The van der Waals surface area contributed by atoms with Gasteiger partial charge in [-0.2, -0.15) is 0 Å². The van der Waals surface area contributed by atoms with Gasteiger partial charge in [-0.1, -0.05) is 6.07 Å². The average Bonchev–Trinajstić information content (AvgIpc) is 2.79. The first-order valence-electron chi connectivity index (χ1n) is 5.02. The Hall–Kier alpha value is -2.03. The molecule has 0 aliphatic carbocycles. The van der Waals surface area contributed by atoms with Gasteiger partial charge in [0.1, 0.15) is 17.2 Å². The van der Waals surface area contributed by atoms with Crippen LogP contribution in [0.15, 0.2) is 46.0 Å². The minimum atomic E-state index is 0.726. The molecule has 0 aliphatic heterocycles. The van der Waals surface area contributed by atoms with Gasteiger partial charge in [-0.15, -0.1) is 0 Å². The Morgan fingerprint density at radius 1 is 1.31 bits per heavy atom. The Labute approximate surface area is 94.4 Å². The highest BCUT2D eigenvalue weighted by molar-refractivity contribution is 5.79. The molecule has 0 bridgehead atoms. The highest BCUT2D eigenvalue weighted by atomic mass is 16.5. The van der Waals surface area contributed by atoms with E-state index >= 15 is 0 Å². The number of aryl methyl sites for hydroxylation is 1. The van der Waals surface area contributed by atoms with E-state index in [9.17, 15) is 0 Å². The van der Waals surface area contributed by atoms with Crippen LogP contribution in [-0.2, 0) is 0 Å². The van der Waals surface area contributed by atoms with Crippen molar-refractivity contribution in [1.82, 2.24) is 0 Å². The maximum Gasteiger partial charge on any atom is 0.144 e. The van der Waals surface area contributed by atoms with Crippen molar-refractivity contribution < 1.29 is 9.15 Å². The maximum atomic E-state index is 5.23. The molecule has 0 amide bonds. The minimum absolute atomic E-state index is 0.726. The molecular formula is C13H13NO2. The largest absolute Gasteiger partial charge is 0.494 e. The fourth-order valence-electron chi connectivity index (χ4n) is 1.40. The third-order valence-corrected chi connectivity index (χ3v) is 2.21. The van der Waals surface area contributed by atoms with Crippen LogP contribution in [0.25, 0.3) is 0 Å². The van der Waals surface area contributed by atoms with E-state index in [-0.39, 0.29) is 0 Å². The predicted octanol–water partition coefficient (Wildman–Crippen LogP) is 3.35. The van der Waals surface area contributed by atoms with E-state index in [1.54, 1.807) is 19.6 Å². The molecule has 0 N–H and O–H groups in total. The van der Waals surface area contributed by atoms with E-state index in [2.05, 4.69) is 4.99 Å². The van der Waals surface area contributed by atoms with Crippen molar-refractivity contribution in [2.45, 2.75) is 6.92 Å². The summed E-state index contributed by atoms with van der Waals surface area (Å²) in [7, 11) is 1.64. The lowest BCUT2D eigenvalue weighted by atomic mass is 10.2. The average molecular weight is 215 g/mol. The van der Waals surface area contributed by atoms with Gasteiger partial charge in [0, 0.05) is 0 Å². The molecule has 3 heteroatoms. The lowest BCUT2D eigenvalue weighted by Gasteiger charge is -2.04. The molecule has 1 aromatic carbocycles. The fourth-order valence-corrected chi connectivity index (χ4v) is 1.40. The SMILES string of the molecule is COc1ccc(C)cc1/N=C/c1ccco1. The van der Waals surface area contributed by atoms with Gasteiger partial charge in [0.15, 0.2) is 0 Å². The van der Waals surface area contributed by atoms with E-state index in [0.29, 0.717) is 0 Å². The monoisotopic (exact) mass is 215 g/mol. The predicted molar refractivity (Wildman–Crippen MR) is 63.7 cm³/mol. The second-order valence-corrected chi connectivity index (χ2v) is 3.45. The van der Waals surface area contributed by atoms with Crippen LogP contribution in [0.5, 0.6) is 5.75 Å². The van der Waals surface area contributed by atoms with Crippen LogP contribution in [0, 0.1) is 6.92 Å². The molecule has 82 valence electrons. The first kappa shape index (κ1) is 10.5. The van der Waals surface area contributed by atoms with Crippen LogP contribution < -0.4 is 4.74 Å². The van der Waals surface area contributed by atoms with Gasteiger partial charge in [-0.05, 0) is 36.8 Å². The van der Waals surface area contributed by atoms with E-state index in [0.717, 1.165) is 22.8 Å². The number of nitrogens with zero attached hydrogens (tertiary/aromatic N) is 1. The second-order valence-electron chi connectivity index (χ2n) is 3.45. The molecule has 0 atom stereocenters. The molecule has 0 unspecified atom stereocenters. The maximum absolute atomic E-state index is 5.23. The Balaban J connectivity index is 2.29. The standard InChI is InChI=1S/C13H13NO2/c1-10-5-6-13(15-2)12(8-10)14-9-11-4-3-7-16-11/h3-9H,1-2H3/b14-9+. The summed E-state index contributed by atoms with van der Waals surface area (Å²) in [6.07, 6.45) is 3.30. The van der Waals surface area contributed by atoms with Gasteiger partial charge >= 0.3 is 0 Å². The minimum Gasteiger partial charge on any atom is -0.494 e. The summed E-state index contributed by atoms with van der Waals surface area (Å²) in [5.74, 6) is 1.48.